The molecule has 7 nitrogen and oxygen atoms in total. The Hall–Kier alpha value is -2.44. The van der Waals surface area contributed by atoms with Crippen molar-refractivity contribution in [2.75, 3.05) is 0 Å². The molecule has 0 radical (unpaired) electrons. The molecule has 2 aromatic rings. The molecule has 0 saturated heterocycles. The standard InChI is InChI=1S/C13H16N4O3/c1-3-6-17-12(14-15-16-17)8-20-13(19)10-5-4-9(2)7-11(10)18/h4-5,7,18H,3,6,8H2,1-2H3. The number of carbonyl (C=O) groups excluding carboxylic acids is 1. The molecule has 0 aliphatic heterocycles. The molecule has 1 heterocycles. The van der Waals surface area contributed by atoms with E-state index in [1.165, 1.54) is 12.1 Å². The number of phenolic OH excluding ortho intramolecular Hbond substituents is 1. The summed E-state index contributed by atoms with van der Waals surface area (Å²) in [5.41, 5.74) is 0.996. The molecular formula is C13H16N4O3. The summed E-state index contributed by atoms with van der Waals surface area (Å²) in [6, 6.07) is 4.78. The van der Waals surface area contributed by atoms with Gasteiger partial charge in [0, 0.05) is 6.54 Å². The molecule has 7 heteroatoms. The summed E-state index contributed by atoms with van der Waals surface area (Å²) in [7, 11) is 0. The number of benzene rings is 1. The topological polar surface area (TPSA) is 90.1 Å². The van der Waals surface area contributed by atoms with E-state index in [0.717, 1.165) is 12.0 Å². The molecule has 0 amide bonds. The van der Waals surface area contributed by atoms with Gasteiger partial charge >= 0.3 is 5.97 Å². The second kappa shape index (κ2) is 6.14. The molecule has 20 heavy (non-hydrogen) atoms. The van der Waals surface area contributed by atoms with E-state index in [0.29, 0.717) is 12.4 Å². The number of rotatable bonds is 5. The number of esters is 1. The number of hydrogen-bond donors (Lipinski definition) is 1. The molecule has 0 saturated carbocycles. The maximum Gasteiger partial charge on any atom is 0.342 e. The zero-order valence-corrected chi connectivity index (χ0v) is 11.4. The molecule has 1 aromatic heterocycles. The number of tetrazole rings is 1. The summed E-state index contributed by atoms with van der Waals surface area (Å²) in [6.07, 6.45) is 0.880. The average Bonchev–Trinajstić information content (AvgIpc) is 2.84. The highest BCUT2D eigenvalue weighted by Gasteiger charge is 2.14. The van der Waals surface area contributed by atoms with Crippen LogP contribution in [0.4, 0.5) is 0 Å². The van der Waals surface area contributed by atoms with Gasteiger partial charge in [0.25, 0.3) is 0 Å². The summed E-state index contributed by atoms with van der Waals surface area (Å²) >= 11 is 0. The van der Waals surface area contributed by atoms with Crippen LogP contribution in [0.5, 0.6) is 5.75 Å². The smallest absolute Gasteiger partial charge is 0.342 e. The fourth-order valence-corrected chi connectivity index (χ4v) is 1.73. The molecule has 0 atom stereocenters. The number of ether oxygens (including phenoxy) is 1. The number of aryl methyl sites for hydroxylation is 2. The number of nitrogens with zero attached hydrogens (tertiary/aromatic N) is 4. The van der Waals surface area contributed by atoms with Gasteiger partial charge in [-0.15, -0.1) is 5.10 Å². The lowest BCUT2D eigenvalue weighted by Crippen LogP contribution is -2.11. The molecule has 0 fully saturated rings. The summed E-state index contributed by atoms with van der Waals surface area (Å²) in [6.45, 7) is 4.46. The monoisotopic (exact) mass is 276 g/mol. The Morgan fingerprint density at radius 3 is 2.95 bits per heavy atom. The molecular weight excluding hydrogens is 260 g/mol. The van der Waals surface area contributed by atoms with Crippen LogP contribution < -0.4 is 0 Å². The van der Waals surface area contributed by atoms with Crippen LogP contribution in [0.2, 0.25) is 0 Å². The Balaban J connectivity index is 2.03. The van der Waals surface area contributed by atoms with Gasteiger partial charge in [-0.3, -0.25) is 0 Å². The van der Waals surface area contributed by atoms with Gasteiger partial charge in [-0.05, 0) is 41.5 Å². The van der Waals surface area contributed by atoms with Crippen molar-refractivity contribution in [3.8, 4) is 5.75 Å². The van der Waals surface area contributed by atoms with E-state index < -0.39 is 5.97 Å². The van der Waals surface area contributed by atoms with E-state index in [1.54, 1.807) is 10.7 Å². The van der Waals surface area contributed by atoms with Crippen molar-refractivity contribution in [3.05, 3.63) is 35.2 Å². The Morgan fingerprint density at radius 1 is 1.45 bits per heavy atom. The van der Waals surface area contributed by atoms with Crippen LogP contribution in [-0.4, -0.2) is 31.3 Å². The van der Waals surface area contributed by atoms with Gasteiger partial charge in [0.2, 0.25) is 0 Å². The number of aromatic nitrogens is 4. The molecule has 2 rings (SSSR count). The predicted octanol–water partition coefficient (Wildman–Crippen LogP) is 1.45. The van der Waals surface area contributed by atoms with Gasteiger partial charge < -0.3 is 9.84 Å². The van der Waals surface area contributed by atoms with Crippen molar-refractivity contribution in [1.82, 2.24) is 20.2 Å². The van der Waals surface area contributed by atoms with Gasteiger partial charge in [-0.1, -0.05) is 13.0 Å². The van der Waals surface area contributed by atoms with Crippen molar-refractivity contribution in [2.24, 2.45) is 0 Å². The van der Waals surface area contributed by atoms with Gasteiger partial charge in [0.05, 0.1) is 0 Å². The minimum atomic E-state index is -0.603. The number of hydrogen-bond acceptors (Lipinski definition) is 6. The average molecular weight is 276 g/mol. The number of phenols is 1. The lowest BCUT2D eigenvalue weighted by Gasteiger charge is -2.07. The molecule has 1 aromatic carbocycles. The second-order valence-corrected chi connectivity index (χ2v) is 4.41. The van der Waals surface area contributed by atoms with Gasteiger partial charge in [-0.25, -0.2) is 9.48 Å². The Labute approximate surface area is 116 Å². The maximum absolute atomic E-state index is 11.9. The first kappa shape index (κ1) is 14.0. The summed E-state index contributed by atoms with van der Waals surface area (Å²) < 4.78 is 6.70. The van der Waals surface area contributed by atoms with Crippen molar-refractivity contribution < 1.29 is 14.6 Å². The van der Waals surface area contributed by atoms with Gasteiger partial charge in [0.1, 0.15) is 11.3 Å². The van der Waals surface area contributed by atoms with E-state index in [-0.39, 0.29) is 17.9 Å². The molecule has 0 aliphatic carbocycles. The van der Waals surface area contributed by atoms with Crippen LogP contribution in [0.1, 0.15) is 35.1 Å². The van der Waals surface area contributed by atoms with Gasteiger partial charge in [-0.2, -0.15) is 0 Å². The van der Waals surface area contributed by atoms with Crippen molar-refractivity contribution >= 4 is 5.97 Å². The summed E-state index contributed by atoms with van der Waals surface area (Å²) in [5.74, 6) is -0.219. The third kappa shape index (κ3) is 3.11. The number of carbonyl (C=O) groups is 1. The maximum atomic E-state index is 11.9. The van der Waals surface area contributed by atoms with E-state index in [2.05, 4.69) is 15.5 Å². The largest absolute Gasteiger partial charge is 0.507 e. The van der Waals surface area contributed by atoms with Crippen LogP contribution in [0.3, 0.4) is 0 Å². The first-order chi connectivity index (χ1) is 9.61. The first-order valence-corrected chi connectivity index (χ1v) is 6.33. The van der Waals surface area contributed by atoms with Crippen LogP contribution in [-0.2, 0) is 17.9 Å². The van der Waals surface area contributed by atoms with Crippen molar-refractivity contribution in [1.29, 1.82) is 0 Å². The summed E-state index contributed by atoms with van der Waals surface area (Å²) in [5, 5.41) is 20.9. The second-order valence-electron chi connectivity index (χ2n) is 4.41. The molecule has 106 valence electrons. The highest BCUT2D eigenvalue weighted by Crippen LogP contribution is 2.19. The minimum Gasteiger partial charge on any atom is -0.507 e. The van der Waals surface area contributed by atoms with Crippen LogP contribution >= 0.6 is 0 Å². The first-order valence-electron chi connectivity index (χ1n) is 6.33. The fourth-order valence-electron chi connectivity index (χ4n) is 1.73. The van der Waals surface area contributed by atoms with E-state index in [4.69, 9.17) is 4.74 Å². The van der Waals surface area contributed by atoms with Crippen molar-refractivity contribution in [3.63, 3.8) is 0 Å². The van der Waals surface area contributed by atoms with Crippen LogP contribution in [0, 0.1) is 6.92 Å². The molecule has 0 aliphatic rings. The highest BCUT2D eigenvalue weighted by molar-refractivity contribution is 5.92. The zero-order chi connectivity index (χ0) is 14.5. The lowest BCUT2D eigenvalue weighted by molar-refractivity contribution is 0.0453. The fraction of sp³-hybridized carbons (Fsp3) is 0.385. The van der Waals surface area contributed by atoms with Crippen LogP contribution in [0.15, 0.2) is 18.2 Å². The third-order valence-electron chi connectivity index (χ3n) is 2.75. The predicted molar refractivity (Wildman–Crippen MR) is 70.1 cm³/mol. The third-order valence-corrected chi connectivity index (χ3v) is 2.75. The van der Waals surface area contributed by atoms with Crippen molar-refractivity contribution in [2.45, 2.75) is 33.4 Å². The molecule has 0 spiro atoms. The SMILES string of the molecule is CCCn1nnnc1COC(=O)c1ccc(C)cc1O. The Kier molecular flexibility index (Phi) is 4.29. The zero-order valence-electron chi connectivity index (χ0n) is 11.4. The Morgan fingerprint density at radius 2 is 2.25 bits per heavy atom. The highest BCUT2D eigenvalue weighted by atomic mass is 16.5. The van der Waals surface area contributed by atoms with E-state index in [1.807, 2.05) is 13.8 Å². The normalized spacial score (nSPS) is 10.5. The van der Waals surface area contributed by atoms with E-state index >= 15 is 0 Å². The van der Waals surface area contributed by atoms with Crippen LogP contribution in [0.25, 0.3) is 0 Å². The van der Waals surface area contributed by atoms with E-state index in [9.17, 15) is 9.90 Å². The van der Waals surface area contributed by atoms with Gasteiger partial charge in [0.15, 0.2) is 12.4 Å². The summed E-state index contributed by atoms with van der Waals surface area (Å²) in [4.78, 5) is 11.9. The molecule has 0 bridgehead atoms. The molecule has 0 unspecified atom stereocenters. The molecule has 1 N–H and O–H groups in total. The Bertz CT molecular complexity index is 609. The number of aromatic hydroxyl groups is 1. The minimum absolute atomic E-state index is 0.0286. The quantitative estimate of drug-likeness (QED) is 0.831. The lowest BCUT2D eigenvalue weighted by atomic mass is 10.1.